The number of carbonyl (C=O) groups is 2. The van der Waals surface area contributed by atoms with Crippen LogP contribution >= 0.6 is 15.9 Å². The van der Waals surface area contributed by atoms with Crippen LogP contribution in [0.25, 0.3) is 0 Å². The third-order valence-electron chi connectivity index (χ3n) is 4.99. The first kappa shape index (κ1) is 18.6. The van der Waals surface area contributed by atoms with Gasteiger partial charge in [-0.1, -0.05) is 82.7 Å². The summed E-state index contributed by atoms with van der Waals surface area (Å²) in [5, 5.41) is 11.4. The van der Waals surface area contributed by atoms with Crippen LogP contribution in [0.3, 0.4) is 0 Å². The molecule has 1 aliphatic rings. The molecule has 140 valence electrons. The molecule has 5 heteroatoms. The second-order valence-corrected chi connectivity index (χ2v) is 7.69. The predicted molar refractivity (Wildman–Crippen MR) is 111 cm³/mol. The maximum atomic E-state index is 13.3. The van der Waals surface area contributed by atoms with Crippen LogP contribution in [0.15, 0.2) is 83.3 Å². The molecular weight excluding hydrogens is 418 g/mol. The van der Waals surface area contributed by atoms with Crippen LogP contribution in [0.5, 0.6) is 0 Å². The summed E-state index contributed by atoms with van der Waals surface area (Å²) in [6, 6.07) is 23.7. The fourth-order valence-corrected chi connectivity index (χ4v) is 4.32. The number of hydrogen-bond acceptors (Lipinski definition) is 3. The van der Waals surface area contributed by atoms with Crippen molar-refractivity contribution < 1.29 is 14.7 Å². The van der Waals surface area contributed by atoms with Crippen molar-refractivity contribution in [3.05, 3.63) is 100 Å². The Morgan fingerprint density at radius 1 is 0.929 bits per heavy atom. The third-order valence-corrected chi connectivity index (χ3v) is 5.65. The van der Waals surface area contributed by atoms with E-state index in [2.05, 4.69) is 15.9 Å². The van der Waals surface area contributed by atoms with Gasteiger partial charge in [0.05, 0.1) is 18.7 Å². The molecule has 1 N–H and O–H groups in total. The molecule has 1 atom stereocenters. The maximum absolute atomic E-state index is 13.3. The molecule has 28 heavy (non-hydrogen) atoms. The van der Waals surface area contributed by atoms with Crippen LogP contribution in [0, 0.1) is 0 Å². The molecule has 0 aliphatic carbocycles. The van der Waals surface area contributed by atoms with Crippen LogP contribution in [0.2, 0.25) is 0 Å². The lowest BCUT2D eigenvalue weighted by Gasteiger charge is -2.23. The summed E-state index contributed by atoms with van der Waals surface area (Å²) in [5.41, 5.74) is 0.572. The van der Waals surface area contributed by atoms with Gasteiger partial charge in [-0.2, -0.15) is 0 Å². The summed E-state index contributed by atoms with van der Waals surface area (Å²) in [5.74, 6) is -0.762. The quantitative estimate of drug-likeness (QED) is 0.601. The second-order valence-electron chi connectivity index (χ2n) is 6.84. The normalized spacial score (nSPS) is 18.2. The van der Waals surface area contributed by atoms with Crippen molar-refractivity contribution in [1.29, 1.82) is 0 Å². The molecule has 0 fully saturated rings. The standard InChI is InChI=1S/C23H18BrNO3/c24-18-12-7-13-19-21(18)23(28,14-20(26)17-10-5-2-6-11-17)22(27)25(19)15-16-8-3-1-4-9-16/h1-13,28H,14-15H2/t23-/m0/s1. The predicted octanol–water partition coefficient (Wildman–Crippen LogP) is 4.46. The van der Waals surface area contributed by atoms with Gasteiger partial charge in [0.2, 0.25) is 0 Å². The molecule has 0 radical (unpaired) electrons. The molecule has 0 unspecified atom stereocenters. The molecule has 1 heterocycles. The Balaban J connectivity index is 1.74. The molecule has 3 aromatic carbocycles. The number of carbonyl (C=O) groups excluding carboxylic acids is 2. The number of benzene rings is 3. The van der Waals surface area contributed by atoms with Crippen molar-refractivity contribution in [2.45, 2.75) is 18.6 Å². The summed E-state index contributed by atoms with van der Waals surface area (Å²) in [6.45, 7) is 0.324. The molecule has 3 aromatic rings. The molecule has 1 amide bonds. The van der Waals surface area contributed by atoms with E-state index in [1.165, 1.54) is 0 Å². The zero-order valence-electron chi connectivity index (χ0n) is 15.0. The van der Waals surface area contributed by atoms with Gasteiger partial charge in [0, 0.05) is 15.6 Å². The van der Waals surface area contributed by atoms with E-state index in [-0.39, 0.29) is 12.2 Å². The number of hydrogen-bond donors (Lipinski definition) is 1. The van der Waals surface area contributed by atoms with Crippen LogP contribution in [0.1, 0.15) is 27.9 Å². The molecule has 4 nitrogen and oxygen atoms in total. The SMILES string of the molecule is O=C(C[C@@]1(O)C(=O)N(Cc2ccccc2)c2cccc(Br)c21)c1ccccc1. The first-order chi connectivity index (χ1) is 13.5. The summed E-state index contributed by atoms with van der Waals surface area (Å²) in [6.07, 6.45) is -0.309. The number of aliphatic hydroxyl groups is 1. The van der Waals surface area contributed by atoms with Gasteiger partial charge in [-0.05, 0) is 17.7 Å². The number of halogens is 1. The van der Waals surface area contributed by atoms with Gasteiger partial charge in [-0.3, -0.25) is 9.59 Å². The van der Waals surface area contributed by atoms with Crippen molar-refractivity contribution in [2.75, 3.05) is 4.90 Å². The van der Waals surface area contributed by atoms with E-state index in [4.69, 9.17) is 0 Å². The first-order valence-corrected chi connectivity index (χ1v) is 9.75. The van der Waals surface area contributed by atoms with Gasteiger partial charge in [-0.15, -0.1) is 0 Å². The molecule has 0 saturated carbocycles. The van der Waals surface area contributed by atoms with Crippen molar-refractivity contribution >= 4 is 33.3 Å². The molecular formula is C23H18BrNO3. The lowest BCUT2D eigenvalue weighted by atomic mass is 9.88. The smallest absolute Gasteiger partial charge is 0.264 e. The highest BCUT2D eigenvalue weighted by Crippen LogP contribution is 2.47. The lowest BCUT2D eigenvalue weighted by molar-refractivity contribution is -0.136. The van der Waals surface area contributed by atoms with E-state index in [0.29, 0.717) is 27.8 Å². The number of amides is 1. The lowest BCUT2D eigenvalue weighted by Crippen LogP contribution is -2.41. The minimum atomic E-state index is -1.91. The average molecular weight is 436 g/mol. The van der Waals surface area contributed by atoms with Crippen LogP contribution < -0.4 is 4.90 Å². The number of Topliss-reactive ketones (excluding diaryl/α,β-unsaturated/α-hetero) is 1. The van der Waals surface area contributed by atoms with Gasteiger partial charge in [0.15, 0.2) is 11.4 Å². The van der Waals surface area contributed by atoms with Crippen molar-refractivity contribution in [3.63, 3.8) is 0 Å². The van der Waals surface area contributed by atoms with E-state index < -0.39 is 11.5 Å². The zero-order valence-corrected chi connectivity index (χ0v) is 16.6. The Morgan fingerprint density at radius 3 is 2.25 bits per heavy atom. The molecule has 0 spiro atoms. The Morgan fingerprint density at radius 2 is 1.57 bits per heavy atom. The summed E-state index contributed by atoms with van der Waals surface area (Å²) < 4.78 is 0.609. The van der Waals surface area contributed by atoms with E-state index in [1.807, 2.05) is 42.5 Å². The van der Waals surface area contributed by atoms with Crippen molar-refractivity contribution in [3.8, 4) is 0 Å². The van der Waals surface area contributed by atoms with Crippen LogP contribution in [-0.4, -0.2) is 16.8 Å². The zero-order chi connectivity index (χ0) is 19.7. The number of nitrogens with zero attached hydrogens (tertiary/aromatic N) is 1. The van der Waals surface area contributed by atoms with Gasteiger partial charge in [0.1, 0.15) is 0 Å². The molecule has 0 saturated heterocycles. The molecule has 1 aliphatic heterocycles. The van der Waals surface area contributed by atoms with Crippen molar-refractivity contribution in [2.24, 2.45) is 0 Å². The minimum absolute atomic E-state index is 0.278. The van der Waals surface area contributed by atoms with Gasteiger partial charge >= 0.3 is 0 Å². The summed E-state index contributed by atoms with van der Waals surface area (Å²) in [7, 11) is 0. The second kappa shape index (κ2) is 7.34. The summed E-state index contributed by atoms with van der Waals surface area (Å²) in [4.78, 5) is 27.7. The molecule has 0 aromatic heterocycles. The van der Waals surface area contributed by atoms with Gasteiger partial charge in [0.25, 0.3) is 5.91 Å². The van der Waals surface area contributed by atoms with Gasteiger partial charge in [-0.25, -0.2) is 0 Å². The fraction of sp³-hybridized carbons (Fsp3) is 0.130. The number of anilines is 1. The average Bonchev–Trinajstić information content (AvgIpc) is 2.92. The fourth-order valence-electron chi connectivity index (χ4n) is 3.63. The van der Waals surface area contributed by atoms with E-state index in [9.17, 15) is 14.7 Å². The van der Waals surface area contributed by atoms with E-state index in [0.717, 1.165) is 5.56 Å². The highest BCUT2D eigenvalue weighted by Gasteiger charge is 2.52. The highest BCUT2D eigenvalue weighted by molar-refractivity contribution is 9.10. The van der Waals surface area contributed by atoms with Crippen LogP contribution in [-0.2, 0) is 16.9 Å². The monoisotopic (exact) mass is 435 g/mol. The summed E-state index contributed by atoms with van der Waals surface area (Å²) >= 11 is 3.46. The van der Waals surface area contributed by atoms with Crippen LogP contribution in [0.4, 0.5) is 5.69 Å². The highest BCUT2D eigenvalue weighted by atomic mass is 79.9. The number of ketones is 1. The number of rotatable bonds is 5. The van der Waals surface area contributed by atoms with E-state index in [1.54, 1.807) is 41.3 Å². The Kier molecular flexibility index (Phi) is 4.87. The Labute approximate surface area is 171 Å². The first-order valence-electron chi connectivity index (χ1n) is 8.96. The topological polar surface area (TPSA) is 57.6 Å². The largest absolute Gasteiger partial charge is 0.375 e. The minimum Gasteiger partial charge on any atom is -0.375 e. The third kappa shape index (κ3) is 3.17. The maximum Gasteiger partial charge on any atom is 0.264 e. The van der Waals surface area contributed by atoms with Gasteiger partial charge < -0.3 is 10.0 Å². The molecule has 4 rings (SSSR count). The molecule has 0 bridgehead atoms. The van der Waals surface area contributed by atoms with E-state index >= 15 is 0 Å². The van der Waals surface area contributed by atoms with Crippen molar-refractivity contribution in [1.82, 2.24) is 0 Å². The number of fused-ring (bicyclic) bond motifs is 1. The Hall–Kier alpha value is -2.76. The Bertz CT molecular complexity index is 1040.